The molecule has 3 heterocycles. The van der Waals surface area contributed by atoms with E-state index in [9.17, 15) is 0 Å². The fourth-order valence-corrected chi connectivity index (χ4v) is 5.16. The number of dihydropyridines is 1. The Morgan fingerprint density at radius 2 is 2.08 bits per heavy atom. The summed E-state index contributed by atoms with van der Waals surface area (Å²) in [5.74, 6) is 0. The highest BCUT2D eigenvalue weighted by molar-refractivity contribution is 5.25. The highest BCUT2D eigenvalue weighted by Gasteiger charge is 2.48. The van der Waals surface area contributed by atoms with Crippen molar-refractivity contribution in [1.29, 1.82) is 0 Å². The third-order valence-corrected chi connectivity index (χ3v) is 6.45. The minimum Gasteiger partial charge on any atom is -0.384 e. The Kier molecular flexibility index (Phi) is 4.98. The minimum atomic E-state index is 0.158. The zero-order valence-corrected chi connectivity index (χ0v) is 15.2. The van der Waals surface area contributed by atoms with Crippen molar-refractivity contribution in [3.8, 4) is 0 Å². The van der Waals surface area contributed by atoms with Crippen LogP contribution in [0, 0.1) is 5.41 Å². The number of rotatable bonds is 6. The molecule has 1 aromatic rings. The Balaban J connectivity index is 1.45. The van der Waals surface area contributed by atoms with E-state index in [4.69, 9.17) is 4.74 Å². The molecule has 3 aliphatic rings. The van der Waals surface area contributed by atoms with Gasteiger partial charge in [0.1, 0.15) is 0 Å². The Labute approximate surface area is 151 Å². The van der Waals surface area contributed by atoms with Gasteiger partial charge in [0.15, 0.2) is 0 Å². The number of allylic oxidation sites excluding steroid dienone is 3. The van der Waals surface area contributed by atoms with Crippen molar-refractivity contribution in [2.45, 2.75) is 69.8 Å². The van der Waals surface area contributed by atoms with E-state index in [-0.39, 0.29) is 11.0 Å². The lowest BCUT2D eigenvalue weighted by molar-refractivity contribution is -0.116. The van der Waals surface area contributed by atoms with Crippen LogP contribution in [0.5, 0.6) is 0 Å². The van der Waals surface area contributed by atoms with Gasteiger partial charge < -0.3 is 10.1 Å². The highest BCUT2D eigenvalue weighted by Crippen LogP contribution is 2.52. The second-order valence-corrected chi connectivity index (χ2v) is 8.12. The SMILES string of the molecule is C1=CCNC([C@]2(CCCCc3ccn[nH]3)CCOC3(CCCC3)C2)=C1. The summed E-state index contributed by atoms with van der Waals surface area (Å²) in [6.07, 6.45) is 21.0. The van der Waals surface area contributed by atoms with Crippen LogP contribution in [0.4, 0.5) is 0 Å². The van der Waals surface area contributed by atoms with E-state index in [0.717, 1.165) is 26.0 Å². The zero-order valence-electron chi connectivity index (χ0n) is 15.2. The van der Waals surface area contributed by atoms with E-state index in [1.54, 1.807) is 0 Å². The third-order valence-electron chi connectivity index (χ3n) is 6.45. The monoisotopic (exact) mass is 341 g/mol. The van der Waals surface area contributed by atoms with Crippen LogP contribution in [0.15, 0.2) is 36.2 Å². The van der Waals surface area contributed by atoms with Crippen LogP contribution in [0.1, 0.15) is 63.5 Å². The molecule has 25 heavy (non-hydrogen) atoms. The van der Waals surface area contributed by atoms with E-state index >= 15 is 0 Å². The number of aromatic nitrogens is 2. The van der Waals surface area contributed by atoms with E-state index in [0.29, 0.717) is 0 Å². The summed E-state index contributed by atoms with van der Waals surface area (Å²) in [4.78, 5) is 0. The minimum absolute atomic E-state index is 0.158. The second kappa shape index (κ2) is 7.36. The van der Waals surface area contributed by atoms with Gasteiger partial charge in [0.25, 0.3) is 0 Å². The summed E-state index contributed by atoms with van der Waals surface area (Å²) in [5.41, 5.74) is 3.16. The molecule has 0 bridgehead atoms. The Hall–Kier alpha value is -1.55. The zero-order chi connectivity index (χ0) is 17.0. The highest BCUT2D eigenvalue weighted by atomic mass is 16.5. The molecular weight excluding hydrogens is 310 g/mol. The number of aryl methyl sites for hydroxylation is 1. The van der Waals surface area contributed by atoms with Gasteiger partial charge in [-0.3, -0.25) is 5.10 Å². The van der Waals surface area contributed by atoms with Crippen molar-refractivity contribution in [3.05, 3.63) is 41.9 Å². The molecule has 1 atom stereocenters. The third kappa shape index (κ3) is 3.69. The fraction of sp³-hybridized carbons (Fsp3) is 0.667. The second-order valence-electron chi connectivity index (χ2n) is 8.12. The molecule has 1 aliphatic carbocycles. The van der Waals surface area contributed by atoms with Crippen molar-refractivity contribution < 1.29 is 4.74 Å². The first-order chi connectivity index (χ1) is 12.3. The normalized spacial score (nSPS) is 28.1. The first-order valence-corrected chi connectivity index (χ1v) is 10.0. The summed E-state index contributed by atoms with van der Waals surface area (Å²) < 4.78 is 6.35. The predicted octanol–water partition coefficient (Wildman–Crippen LogP) is 4.28. The first-order valence-electron chi connectivity index (χ1n) is 10.0. The van der Waals surface area contributed by atoms with Gasteiger partial charge in [-0.15, -0.1) is 0 Å². The van der Waals surface area contributed by atoms with Gasteiger partial charge in [0, 0.05) is 36.2 Å². The van der Waals surface area contributed by atoms with E-state index < -0.39 is 0 Å². The van der Waals surface area contributed by atoms with Gasteiger partial charge >= 0.3 is 0 Å². The van der Waals surface area contributed by atoms with Gasteiger partial charge in [-0.1, -0.05) is 31.4 Å². The van der Waals surface area contributed by atoms with E-state index in [2.05, 4.69) is 39.8 Å². The average Bonchev–Trinajstić information content (AvgIpc) is 3.32. The molecule has 2 aliphatic heterocycles. The van der Waals surface area contributed by atoms with Crippen LogP contribution in [-0.2, 0) is 11.2 Å². The van der Waals surface area contributed by atoms with Crippen molar-refractivity contribution in [3.63, 3.8) is 0 Å². The van der Waals surface area contributed by atoms with Crippen molar-refractivity contribution in [2.24, 2.45) is 5.41 Å². The van der Waals surface area contributed by atoms with Gasteiger partial charge in [-0.25, -0.2) is 0 Å². The molecule has 136 valence electrons. The summed E-state index contributed by atoms with van der Waals surface area (Å²) in [6.45, 7) is 1.89. The number of nitrogens with zero attached hydrogens (tertiary/aromatic N) is 1. The topological polar surface area (TPSA) is 49.9 Å². The Morgan fingerprint density at radius 1 is 1.16 bits per heavy atom. The molecular formula is C21H31N3O. The molecule has 2 fully saturated rings. The lowest BCUT2D eigenvalue weighted by Crippen LogP contribution is -2.47. The van der Waals surface area contributed by atoms with Crippen molar-refractivity contribution in [2.75, 3.05) is 13.2 Å². The number of nitrogens with one attached hydrogen (secondary N) is 2. The van der Waals surface area contributed by atoms with Crippen LogP contribution >= 0.6 is 0 Å². The Bertz CT molecular complexity index is 613. The van der Waals surface area contributed by atoms with Gasteiger partial charge in [-0.2, -0.15) is 5.10 Å². The number of aromatic amines is 1. The molecule has 0 unspecified atom stereocenters. The molecule has 2 N–H and O–H groups in total. The predicted molar refractivity (Wildman–Crippen MR) is 100 cm³/mol. The number of H-pyrrole nitrogens is 1. The average molecular weight is 341 g/mol. The summed E-state index contributed by atoms with van der Waals surface area (Å²) in [7, 11) is 0. The van der Waals surface area contributed by atoms with E-state index in [1.165, 1.54) is 62.8 Å². The lowest BCUT2D eigenvalue weighted by Gasteiger charge is -2.48. The maximum Gasteiger partial charge on any atom is 0.0691 e. The van der Waals surface area contributed by atoms with Gasteiger partial charge in [0.05, 0.1) is 5.60 Å². The van der Waals surface area contributed by atoms with Crippen LogP contribution < -0.4 is 5.32 Å². The number of ether oxygens (including phenoxy) is 1. The smallest absolute Gasteiger partial charge is 0.0691 e. The molecule has 1 saturated heterocycles. The fourth-order valence-electron chi connectivity index (χ4n) is 5.16. The molecule has 4 rings (SSSR count). The summed E-state index contributed by atoms with van der Waals surface area (Å²) in [6, 6.07) is 2.09. The molecule has 1 spiro atoms. The molecule has 0 aromatic carbocycles. The lowest BCUT2D eigenvalue weighted by atomic mass is 9.67. The number of unbranched alkanes of at least 4 members (excludes halogenated alkanes) is 1. The Morgan fingerprint density at radius 3 is 2.84 bits per heavy atom. The van der Waals surface area contributed by atoms with E-state index in [1.807, 2.05) is 6.20 Å². The largest absolute Gasteiger partial charge is 0.384 e. The molecule has 4 nitrogen and oxygen atoms in total. The molecule has 0 amide bonds. The number of hydrogen-bond donors (Lipinski definition) is 2. The summed E-state index contributed by atoms with van der Waals surface area (Å²) in [5, 5.41) is 10.8. The maximum atomic E-state index is 6.35. The molecule has 1 saturated carbocycles. The van der Waals surface area contributed by atoms with Crippen LogP contribution in [-0.4, -0.2) is 29.0 Å². The molecule has 0 radical (unpaired) electrons. The van der Waals surface area contributed by atoms with Crippen LogP contribution in [0.3, 0.4) is 0 Å². The standard InChI is InChI=1S/C21H31N3O/c1(7-18-9-15-23-24-18)3-10-20(19-8-2-6-14-22-19)13-16-25-21(17-20)11-4-5-12-21/h2,6,8-9,15,22H,1,3-5,7,10-14,16-17H2,(H,23,24)/t20-/m1/s1. The van der Waals surface area contributed by atoms with Crippen molar-refractivity contribution >= 4 is 0 Å². The molecule has 1 aromatic heterocycles. The summed E-state index contributed by atoms with van der Waals surface area (Å²) >= 11 is 0. The quantitative estimate of drug-likeness (QED) is 0.760. The molecule has 4 heteroatoms. The van der Waals surface area contributed by atoms with Crippen LogP contribution in [0.25, 0.3) is 0 Å². The number of hydrogen-bond acceptors (Lipinski definition) is 3. The van der Waals surface area contributed by atoms with Crippen LogP contribution in [0.2, 0.25) is 0 Å². The van der Waals surface area contributed by atoms with Gasteiger partial charge in [0.2, 0.25) is 0 Å². The first kappa shape index (κ1) is 16.9. The maximum absolute atomic E-state index is 6.35. The van der Waals surface area contributed by atoms with Crippen molar-refractivity contribution in [1.82, 2.24) is 15.5 Å². The van der Waals surface area contributed by atoms with Gasteiger partial charge in [-0.05, 0) is 57.1 Å².